The van der Waals surface area contributed by atoms with E-state index in [0.29, 0.717) is 29.8 Å². The van der Waals surface area contributed by atoms with Gasteiger partial charge in [-0.15, -0.1) is 0 Å². The Hall–Kier alpha value is -1.65. The Balaban J connectivity index is 1.88. The number of aliphatic hydroxyl groups is 1. The molecule has 1 aliphatic carbocycles. The molecule has 1 saturated carbocycles. The number of ether oxygens (including phenoxy) is 1. The van der Waals surface area contributed by atoms with Crippen molar-refractivity contribution in [1.82, 2.24) is 0 Å². The first-order chi connectivity index (χ1) is 12.4. The summed E-state index contributed by atoms with van der Waals surface area (Å²) in [6, 6.07) is 9.77. The summed E-state index contributed by atoms with van der Waals surface area (Å²) in [6.07, 6.45) is 1.24. The standard InChI is InChI=1S/C21H21ClF2O2/c1-12-15-11-26-20-17(24)7-6-16(23)19(20)21(15,9-8-18(12)25)10-13-2-4-14(22)5-3-13/h2-7,12,15,18,25H,8-11H2,1H3/t12-,15-,18-,21-/m0/s1. The summed E-state index contributed by atoms with van der Waals surface area (Å²) >= 11 is 6.00. The summed E-state index contributed by atoms with van der Waals surface area (Å²) in [6.45, 7) is 2.25. The van der Waals surface area contributed by atoms with E-state index >= 15 is 0 Å². The van der Waals surface area contributed by atoms with Crippen LogP contribution in [0.5, 0.6) is 5.75 Å². The number of rotatable bonds is 2. The molecule has 4 atom stereocenters. The normalized spacial score (nSPS) is 30.3. The van der Waals surface area contributed by atoms with E-state index in [0.717, 1.165) is 11.6 Å². The SMILES string of the molecule is C[C@@H]1[C@@H](O)CC[C@@]2(Cc3ccc(Cl)cc3)c3c(F)ccc(F)c3OC[C@@H]12. The lowest BCUT2D eigenvalue weighted by atomic mass is 9.55. The lowest BCUT2D eigenvalue weighted by molar-refractivity contribution is -0.0385. The molecule has 0 saturated heterocycles. The van der Waals surface area contributed by atoms with Crippen molar-refractivity contribution >= 4 is 11.6 Å². The van der Waals surface area contributed by atoms with Gasteiger partial charge in [0.25, 0.3) is 0 Å². The zero-order valence-electron chi connectivity index (χ0n) is 14.5. The molecule has 0 radical (unpaired) electrons. The first-order valence-electron chi connectivity index (χ1n) is 8.96. The summed E-state index contributed by atoms with van der Waals surface area (Å²) in [4.78, 5) is 0. The number of halogens is 3. The minimum Gasteiger partial charge on any atom is -0.490 e. The average Bonchev–Trinajstić information content (AvgIpc) is 2.63. The zero-order chi connectivity index (χ0) is 18.5. The van der Waals surface area contributed by atoms with Crippen LogP contribution < -0.4 is 4.74 Å². The van der Waals surface area contributed by atoms with Crippen molar-refractivity contribution in [3.05, 3.63) is 64.2 Å². The van der Waals surface area contributed by atoms with Crippen LogP contribution in [0, 0.1) is 23.5 Å². The Morgan fingerprint density at radius 1 is 1.15 bits per heavy atom. The van der Waals surface area contributed by atoms with Crippen LogP contribution in [-0.4, -0.2) is 17.8 Å². The molecular formula is C21H21ClF2O2. The van der Waals surface area contributed by atoms with E-state index in [4.69, 9.17) is 16.3 Å². The lowest BCUT2D eigenvalue weighted by Gasteiger charge is -2.52. The van der Waals surface area contributed by atoms with Gasteiger partial charge in [0.15, 0.2) is 11.6 Å². The number of hydrogen-bond donors (Lipinski definition) is 1. The smallest absolute Gasteiger partial charge is 0.165 e. The molecule has 5 heteroatoms. The van der Waals surface area contributed by atoms with Gasteiger partial charge in [-0.2, -0.15) is 0 Å². The second-order valence-electron chi connectivity index (χ2n) is 7.58. The summed E-state index contributed by atoms with van der Waals surface area (Å²) in [7, 11) is 0. The number of hydrogen-bond acceptors (Lipinski definition) is 2. The molecule has 2 nitrogen and oxygen atoms in total. The minimum absolute atomic E-state index is 0.0267. The molecule has 0 amide bonds. The van der Waals surface area contributed by atoms with E-state index in [9.17, 15) is 13.9 Å². The van der Waals surface area contributed by atoms with Crippen molar-refractivity contribution in [3.63, 3.8) is 0 Å². The Labute approximate surface area is 156 Å². The summed E-state index contributed by atoms with van der Waals surface area (Å²) < 4.78 is 35.0. The molecule has 0 bridgehead atoms. The fourth-order valence-corrected chi connectivity index (χ4v) is 4.96. The molecule has 0 spiro atoms. The van der Waals surface area contributed by atoms with E-state index < -0.39 is 23.2 Å². The van der Waals surface area contributed by atoms with E-state index in [1.165, 1.54) is 6.07 Å². The van der Waals surface area contributed by atoms with Crippen LogP contribution in [0.3, 0.4) is 0 Å². The lowest BCUT2D eigenvalue weighted by Crippen LogP contribution is -2.53. The van der Waals surface area contributed by atoms with Gasteiger partial charge in [0.1, 0.15) is 5.82 Å². The molecule has 138 valence electrons. The van der Waals surface area contributed by atoms with Crippen molar-refractivity contribution in [3.8, 4) is 5.75 Å². The Kier molecular flexibility index (Phi) is 4.44. The van der Waals surface area contributed by atoms with Gasteiger partial charge in [0, 0.05) is 21.9 Å². The van der Waals surface area contributed by atoms with Crippen LogP contribution in [-0.2, 0) is 11.8 Å². The van der Waals surface area contributed by atoms with Crippen LogP contribution in [0.2, 0.25) is 5.02 Å². The molecule has 26 heavy (non-hydrogen) atoms. The quantitative estimate of drug-likeness (QED) is 0.805. The third-order valence-corrected chi connectivity index (χ3v) is 6.49. The van der Waals surface area contributed by atoms with Crippen molar-refractivity contribution in [1.29, 1.82) is 0 Å². The largest absolute Gasteiger partial charge is 0.490 e. The molecule has 0 unspecified atom stereocenters. The van der Waals surface area contributed by atoms with Gasteiger partial charge in [-0.25, -0.2) is 8.78 Å². The van der Waals surface area contributed by atoms with Gasteiger partial charge in [-0.3, -0.25) is 0 Å². The van der Waals surface area contributed by atoms with E-state index in [-0.39, 0.29) is 24.2 Å². The first kappa shape index (κ1) is 17.7. The maximum atomic E-state index is 14.9. The molecule has 1 fully saturated rings. The Morgan fingerprint density at radius 2 is 1.85 bits per heavy atom. The van der Waals surface area contributed by atoms with Crippen molar-refractivity contribution in [2.45, 2.75) is 37.7 Å². The van der Waals surface area contributed by atoms with E-state index in [2.05, 4.69) is 0 Å². The van der Waals surface area contributed by atoms with Gasteiger partial charge < -0.3 is 9.84 Å². The predicted octanol–water partition coefficient (Wildman–Crippen LogP) is 4.90. The Morgan fingerprint density at radius 3 is 2.58 bits per heavy atom. The fraction of sp³-hybridized carbons (Fsp3) is 0.429. The summed E-state index contributed by atoms with van der Waals surface area (Å²) in [5, 5.41) is 11.0. The molecule has 1 N–H and O–H groups in total. The second kappa shape index (κ2) is 6.50. The van der Waals surface area contributed by atoms with Crippen molar-refractivity contribution in [2.24, 2.45) is 11.8 Å². The molecular weight excluding hydrogens is 358 g/mol. The van der Waals surface area contributed by atoms with Crippen molar-refractivity contribution < 1.29 is 18.6 Å². The van der Waals surface area contributed by atoms with Crippen molar-refractivity contribution in [2.75, 3.05) is 6.61 Å². The molecule has 1 aliphatic heterocycles. The molecule has 4 rings (SSSR count). The van der Waals surface area contributed by atoms with Crippen LogP contribution in [0.25, 0.3) is 0 Å². The highest BCUT2D eigenvalue weighted by Gasteiger charge is 2.53. The van der Waals surface area contributed by atoms with E-state index in [1.807, 2.05) is 31.2 Å². The highest BCUT2D eigenvalue weighted by molar-refractivity contribution is 6.30. The van der Waals surface area contributed by atoms with Crippen LogP contribution in [0.15, 0.2) is 36.4 Å². The maximum Gasteiger partial charge on any atom is 0.165 e. The molecule has 2 aliphatic rings. The van der Waals surface area contributed by atoms with Gasteiger partial charge in [0.05, 0.1) is 12.7 Å². The minimum atomic E-state index is -0.605. The molecule has 2 aromatic rings. The van der Waals surface area contributed by atoms with Gasteiger partial charge >= 0.3 is 0 Å². The molecule has 1 heterocycles. The van der Waals surface area contributed by atoms with Gasteiger partial charge in [-0.1, -0.05) is 30.7 Å². The number of benzene rings is 2. The third-order valence-electron chi connectivity index (χ3n) is 6.23. The molecule has 0 aromatic heterocycles. The number of aliphatic hydroxyl groups excluding tert-OH is 1. The van der Waals surface area contributed by atoms with E-state index in [1.54, 1.807) is 0 Å². The average molecular weight is 379 g/mol. The highest BCUT2D eigenvalue weighted by Crippen LogP contribution is 2.55. The van der Waals surface area contributed by atoms with Crippen LogP contribution in [0.1, 0.15) is 30.9 Å². The summed E-state index contributed by atoms with van der Waals surface area (Å²) in [5.41, 5.74) is 0.730. The topological polar surface area (TPSA) is 29.5 Å². The first-order valence-corrected chi connectivity index (χ1v) is 9.34. The number of fused-ring (bicyclic) bond motifs is 3. The second-order valence-corrected chi connectivity index (χ2v) is 8.01. The molecule has 2 aromatic carbocycles. The summed E-state index contributed by atoms with van der Waals surface area (Å²) in [5.74, 6) is -1.10. The fourth-order valence-electron chi connectivity index (χ4n) is 4.83. The zero-order valence-corrected chi connectivity index (χ0v) is 15.3. The predicted molar refractivity (Wildman–Crippen MR) is 96.6 cm³/mol. The Bertz CT molecular complexity index is 824. The maximum absolute atomic E-state index is 14.9. The third kappa shape index (κ3) is 2.71. The van der Waals surface area contributed by atoms with Gasteiger partial charge in [0.2, 0.25) is 0 Å². The van der Waals surface area contributed by atoms with Crippen LogP contribution >= 0.6 is 11.6 Å². The monoisotopic (exact) mass is 378 g/mol. The highest BCUT2D eigenvalue weighted by atomic mass is 35.5. The van der Waals surface area contributed by atoms with Crippen LogP contribution in [0.4, 0.5) is 8.78 Å². The van der Waals surface area contributed by atoms with Gasteiger partial charge in [-0.05, 0) is 55.0 Å².